The summed E-state index contributed by atoms with van der Waals surface area (Å²) in [4.78, 5) is 41.3. The molecular weight excluding hydrogens is 446 g/mol. The third kappa shape index (κ3) is 2.99. The molecular formula is C28H37NO6. The molecule has 190 valence electrons. The Bertz CT molecular complexity index is 1090. The van der Waals surface area contributed by atoms with Gasteiger partial charge in [0.05, 0.1) is 14.2 Å². The Morgan fingerprint density at radius 1 is 1.06 bits per heavy atom. The average Bonchev–Trinajstić information content (AvgIpc) is 3.16. The Hall–Kier alpha value is -2.57. The van der Waals surface area contributed by atoms with Crippen LogP contribution < -0.4 is 9.47 Å². The number of benzene rings is 1. The first-order valence-corrected chi connectivity index (χ1v) is 12.8. The molecule has 0 bridgehead atoms. The van der Waals surface area contributed by atoms with Gasteiger partial charge < -0.3 is 19.5 Å². The van der Waals surface area contributed by atoms with Crippen LogP contribution in [0.1, 0.15) is 64.4 Å². The molecule has 1 aromatic carbocycles. The number of rotatable bonds is 4. The summed E-state index contributed by atoms with van der Waals surface area (Å²) in [6.07, 6.45) is 4.34. The van der Waals surface area contributed by atoms with Gasteiger partial charge in [0.2, 0.25) is 5.91 Å². The average molecular weight is 484 g/mol. The van der Waals surface area contributed by atoms with Crippen molar-refractivity contribution in [3.8, 4) is 11.5 Å². The van der Waals surface area contributed by atoms with Gasteiger partial charge in [-0.25, -0.2) is 0 Å². The quantitative estimate of drug-likeness (QED) is 0.694. The van der Waals surface area contributed by atoms with E-state index in [0.29, 0.717) is 42.7 Å². The Labute approximate surface area is 207 Å². The Balaban J connectivity index is 1.61. The third-order valence-electron chi connectivity index (χ3n) is 10.8. The van der Waals surface area contributed by atoms with Crippen LogP contribution in [-0.4, -0.2) is 55.0 Å². The van der Waals surface area contributed by atoms with E-state index in [0.717, 1.165) is 19.3 Å². The Morgan fingerprint density at radius 3 is 2.43 bits per heavy atom. The van der Waals surface area contributed by atoms with Crippen molar-refractivity contribution >= 4 is 17.7 Å². The number of nitrogens with zero attached hydrogens (tertiary/aromatic N) is 1. The second kappa shape index (κ2) is 7.97. The second-order valence-corrected chi connectivity index (χ2v) is 11.7. The van der Waals surface area contributed by atoms with E-state index in [1.807, 2.05) is 18.0 Å². The van der Waals surface area contributed by atoms with Crippen molar-refractivity contribution in [2.45, 2.75) is 70.3 Å². The van der Waals surface area contributed by atoms with Crippen molar-refractivity contribution in [2.24, 2.45) is 28.6 Å². The van der Waals surface area contributed by atoms with E-state index in [9.17, 15) is 19.5 Å². The molecule has 1 saturated heterocycles. The number of fused-ring (bicyclic) bond motifs is 5. The summed E-state index contributed by atoms with van der Waals surface area (Å²) >= 11 is 0. The minimum atomic E-state index is -1.17. The van der Waals surface area contributed by atoms with Crippen molar-refractivity contribution in [3.63, 3.8) is 0 Å². The first kappa shape index (κ1) is 24.1. The largest absolute Gasteiger partial charge is 0.497 e. The first-order valence-electron chi connectivity index (χ1n) is 12.8. The van der Waals surface area contributed by atoms with Crippen LogP contribution >= 0.6 is 0 Å². The second-order valence-electron chi connectivity index (χ2n) is 11.7. The SMILES string of the molecule is COc1ccc(OC)c(C2(C(=O)O)CC[C@H]3[C@@H]4C(=O)CC5N(C)C(=O)CC[C@]5(C)[C@@H]4CC[C@@]32C)c1. The molecule has 1 aromatic rings. The van der Waals surface area contributed by atoms with Gasteiger partial charge in [-0.05, 0) is 73.0 Å². The number of amides is 1. The van der Waals surface area contributed by atoms with Crippen LogP contribution in [-0.2, 0) is 19.8 Å². The minimum absolute atomic E-state index is 0.0264. The highest BCUT2D eigenvalue weighted by molar-refractivity contribution is 5.88. The molecule has 3 saturated carbocycles. The molecule has 1 aliphatic heterocycles. The molecule has 7 atom stereocenters. The predicted molar refractivity (Wildman–Crippen MR) is 129 cm³/mol. The van der Waals surface area contributed by atoms with Crippen LogP contribution in [0.15, 0.2) is 18.2 Å². The molecule has 1 amide bonds. The summed E-state index contributed by atoms with van der Waals surface area (Å²) in [5, 5.41) is 10.8. The number of piperidine rings is 1. The molecule has 2 unspecified atom stereocenters. The van der Waals surface area contributed by atoms with Crippen LogP contribution in [0.4, 0.5) is 0 Å². The van der Waals surface area contributed by atoms with Crippen molar-refractivity contribution in [1.29, 1.82) is 0 Å². The molecule has 0 aromatic heterocycles. The number of carbonyl (C=O) groups is 3. The van der Waals surface area contributed by atoms with E-state index >= 15 is 0 Å². The number of aliphatic carboxylic acids is 1. The van der Waals surface area contributed by atoms with Crippen LogP contribution in [0, 0.1) is 28.6 Å². The zero-order chi connectivity index (χ0) is 25.3. The van der Waals surface area contributed by atoms with E-state index in [1.54, 1.807) is 26.4 Å². The third-order valence-corrected chi connectivity index (χ3v) is 10.8. The standard InChI is InChI=1S/C28H37NO6/c1-26-11-10-23(31)29(3)22(26)15-20(30)24-17(26)8-12-27(2)18(24)9-13-28(27,25(32)33)19-14-16(34-4)6-7-21(19)35-5/h6-7,14,17-18,22,24H,8-13,15H2,1-5H3,(H,32,33)/t17-,18+,22?,24-,26-,27+,28?/m1/s1. The van der Waals surface area contributed by atoms with Crippen molar-refractivity contribution in [3.05, 3.63) is 23.8 Å². The van der Waals surface area contributed by atoms with Crippen LogP contribution in [0.2, 0.25) is 0 Å². The highest BCUT2D eigenvalue weighted by atomic mass is 16.5. The summed E-state index contributed by atoms with van der Waals surface area (Å²) in [5.41, 5.74) is -1.25. The molecule has 4 fully saturated rings. The van der Waals surface area contributed by atoms with Crippen molar-refractivity contribution in [2.75, 3.05) is 21.3 Å². The van der Waals surface area contributed by atoms with Gasteiger partial charge in [0.15, 0.2) is 0 Å². The number of methoxy groups -OCH3 is 2. The zero-order valence-corrected chi connectivity index (χ0v) is 21.4. The fraction of sp³-hybridized carbons (Fsp3) is 0.679. The normalized spacial score (nSPS) is 40.5. The number of hydrogen-bond acceptors (Lipinski definition) is 5. The molecule has 1 heterocycles. The monoisotopic (exact) mass is 483 g/mol. The van der Waals surface area contributed by atoms with Gasteiger partial charge in [-0.15, -0.1) is 0 Å². The summed E-state index contributed by atoms with van der Waals surface area (Å²) in [6.45, 7) is 4.35. The number of Topliss-reactive ketones (excluding diaryl/α,β-unsaturated/α-hetero) is 1. The molecule has 4 aliphatic rings. The van der Waals surface area contributed by atoms with Gasteiger partial charge in [0, 0.05) is 37.4 Å². The highest BCUT2D eigenvalue weighted by Crippen LogP contribution is 2.70. The summed E-state index contributed by atoms with van der Waals surface area (Å²) in [5.74, 6) is 0.578. The van der Waals surface area contributed by atoms with E-state index in [1.165, 1.54) is 0 Å². The molecule has 35 heavy (non-hydrogen) atoms. The molecule has 5 rings (SSSR count). The van der Waals surface area contributed by atoms with Gasteiger partial charge in [-0.3, -0.25) is 14.4 Å². The van der Waals surface area contributed by atoms with Gasteiger partial charge >= 0.3 is 5.97 Å². The van der Waals surface area contributed by atoms with E-state index in [4.69, 9.17) is 9.47 Å². The summed E-state index contributed by atoms with van der Waals surface area (Å²) in [6, 6.07) is 5.32. The maximum atomic E-state index is 13.8. The maximum absolute atomic E-state index is 13.8. The molecule has 0 radical (unpaired) electrons. The van der Waals surface area contributed by atoms with Crippen LogP contribution in [0.5, 0.6) is 11.5 Å². The van der Waals surface area contributed by atoms with Gasteiger partial charge in [-0.1, -0.05) is 13.8 Å². The van der Waals surface area contributed by atoms with E-state index < -0.39 is 16.8 Å². The smallest absolute Gasteiger partial charge is 0.314 e. The van der Waals surface area contributed by atoms with Crippen molar-refractivity contribution < 1.29 is 29.0 Å². The minimum Gasteiger partial charge on any atom is -0.497 e. The Morgan fingerprint density at radius 2 is 1.77 bits per heavy atom. The maximum Gasteiger partial charge on any atom is 0.314 e. The van der Waals surface area contributed by atoms with Gasteiger partial charge in [0.1, 0.15) is 22.7 Å². The number of carboxylic acid groups (broad SMARTS) is 1. The number of carboxylic acids is 1. The lowest BCUT2D eigenvalue weighted by molar-refractivity contribution is -0.172. The fourth-order valence-electron chi connectivity index (χ4n) is 8.89. The van der Waals surface area contributed by atoms with Crippen LogP contribution in [0.25, 0.3) is 0 Å². The number of ether oxygens (including phenoxy) is 2. The summed E-state index contributed by atoms with van der Waals surface area (Å²) < 4.78 is 11.1. The molecule has 7 heteroatoms. The lowest BCUT2D eigenvalue weighted by Crippen LogP contribution is -2.65. The van der Waals surface area contributed by atoms with Gasteiger partial charge in [0.25, 0.3) is 0 Å². The lowest BCUT2D eigenvalue weighted by Gasteiger charge is -2.61. The topological polar surface area (TPSA) is 93.1 Å². The number of carbonyl (C=O) groups excluding carboxylic acids is 2. The van der Waals surface area contributed by atoms with Gasteiger partial charge in [-0.2, -0.15) is 0 Å². The molecule has 7 nitrogen and oxygen atoms in total. The molecule has 1 N–H and O–H groups in total. The highest BCUT2D eigenvalue weighted by Gasteiger charge is 2.70. The lowest BCUT2D eigenvalue weighted by atomic mass is 9.44. The van der Waals surface area contributed by atoms with E-state index in [2.05, 4.69) is 13.8 Å². The molecule has 3 aliphatic carbocycles. The van der Waals surface area contributed by atoms with E-state index in [-0.39, 0.29) is 40.9 Å². The summed E-state index contributed by atoms with van der Waals surface area (Å²) in [7, 11) is 4.98. The first-order chi connectivity index (χ1) is 16.5. The number of hydrogen-bond donors (Lipinski definition) is 1. The molecule has 0 spiro atoms. The van der Waals surface area contributed by atoms with Crippen molar-refractivity contribution in [1.82, 2.24) is 4.90 Å². The number of ketones is 1. The predicted octanol–water partition coefficient (Wildman–Crippen LogP) is 4.07. The Kier molecular flexibility index (Phi) is 5.50. The number of likely N-dealkylation sites (tertiary alicyclic amines) is 1. The fourth-order valence-corrected chi connectivity index (χ4v) is 8.89. The van der Waals surface area contributed by atoms with Crippen LogP contribution in [0.3, 0.4) is 0 Å². The zero-order valence-electron chi connectivity index (χ0n) is 21.4.